The predicted octanol–water partition coefficient (Wildman–Crippen LogP) is 2.58. The van der Waals surface area contributed by atoms with E-state index in [4.69, 9.17) is 4.74 Å². The molecule has 0 aromatic heterocycles. The fourth-order valence-corrected chi connectivity index (χ4v) is 4.34. The number of carbonyl (C=O) groups excluding carboxylic acids is 2. The van der Waals surface area contributed by atoms with Crippen LogP contribution in [0.2, 0.25) is 0 Å². The molecule has 0 bridgehead atoms. The van der Waals surface area contributed by atoms with Crippen LogP contribution >= 0.6 is 0 Å². The van der Waals surface area contributed by atoms with E-state index in [9.17, 15) is 14.7 Å². The van der Waals surface area contributed by atoms with Crippen molar-refractivity contribution in [2.75, 3.05) is 32.1 Å². The minimum atomic E-state index is -0.317. The lowest BCUT2D eigenvalue weighted by Crippen LogP contribution is -2.49. The van der Waals surface area contributed by atoms with Crippen molar-refractivity contribution < 1.29 is 19.4 Å². The van der Waals surface area contributed by atoms with Gasteiger partial charge in [-0.1, -0.05) is 26.2 Å². The third kappa shape index (κ3) is 5.89. The summed E-state index contributed by atoms with van der Waals surface area (Å²) in [5, 5.41) is 18.7. The molecule has 1 aliphatic heterocycles. The van der Waals surface area contributed by atoms with E-state index >= 15 is 0 Å². The Morgan fingerprint density at radius 3 is 2.71 bits per heavy atom. The average Bonchev–Trinajstić information content (AvgIpc) is 2.76. The molecule has 4 N–H and O–H groups in total. The fourth-order valence-electron chi connectivity index (χ4n) is 4.34. The molecule has 172 valence electrons. The van der Waals surface area contributed by atoms with Gasteiger partial charge < -0.3 is 30.7 Å². The molecule has 31 heavy (non-hydrogen) atoms. The van der Waals surface area contributed by atoms with Crippen molar-refractivity contribution in [2.45, 2.75) is 64.1 Å². The Hall–Kier alpha value is -2.32. The lowest BCUT2D eigenvalue weighted by Gasteiger charge is -2.37. The first-order valence-electron chi connectivity index (χ1n) is 11.4. The smallest absolute Gasteiger partial charge is 0.319 e. The summed E-state index contributed by atoms with van der Waals surface area (Å²) in [4.78, 5) is 27.5. The molecule has 1 aromatic rings. The van der Waals surface area contributed by atoms with Crippen LogP contribution in [0.1, 0.15) is 56.3 Å². The first kappa shape index (κ1) is 23.3. The molecular formula is C23H36N4O4. The molecule has 3 amide bonds. The Labute approximate surface area is 184 Å². The van der Waals surface area contributed by atoms with Crippen LogP contribution in [0.15, 0.2) is 18.2 Å². The molecule has 0 unspecified atom stereocenters. The Kier molecular flexibility index (Phi) is 8.15. The molecule has 0 saturated heterocycles. The van der Waals surface area contributed by atoms with Crippen molar-refractivity contribution >= 4 is 17.6 Å². The summed E-state index contributed by atoms with van der Waals surface area (Å²) in [6.07, 6.45) is 5.38. The van der Waals surface area contributed by atoms with Gasteiger partial charge in [-0.3, -0.25) is 4.79 Å². The third-order valence-corrected chi connectivity index (χ3v) is 6.27. The van der Waals surface area contributed by atoms with E-state index in [-0.39, 0.29) is 42.7 Å². The van der Waals surface area contributed by atoms with Gasteiger partial charge in [-0.2, -0.15) is 0 Å². The summed E-state index contributed by atoms with van der Waals surface area (Å²) >= 11 is 0. The largest absolute Gasteiger partial charge is 0.488 e. The molecule has 2 aliphatic rings. The van der Waals surface area contributed by atoms with Gasteiger partial charge in [0, 0.05) is 30.7 Å². The van der Waals surface area contributed by atoms with Crippen LogP contribution < -0.4 is 20.7 Å². The highest BCUT2D eigenvalue weighted by Gasteiger charge is 2.32. The van der Waals surface area contributed by atoms with Gasteiger partial charge in [-0.05, 0) is 45.0 Å². The number of amides is 3. The van der Waals surface area contributed by atoms with Crippen LogP contribution in [0.4, 0.5) is 10.5 Å². The molecule has 1 aliphatic carbocycles. The van der Waals surface area contributed by atoms with E-state index in [1.807, 2.05) is 20.9 Å². The zero-order valence-corrected chi connectivity index (χ0v) is 18.8. The number of nitrogens with one attached hydrogen (secondary N) is 3. The fraction of sp³-hybridized carbons (Fsp3) is 0.652. The number of benzene rings is 1. The summed E-state index contributed by atoms with van der Waals surface area (Å²) in [6.45, 7) is 4.88. The van der Waals surface area contributed by atoms with Crippen molar-refractivity contribution in [1.82, 2.24) is 15.5 Å². The van der Waals surface area contributed by atoms with Crippen LogP contribution in [0.5, 0.6) is 5.75 Å². The minimum absolute atomic E-state index is 0.0811. The maximum Gasteiger partial charge on any atom is 0.319 e. The molecule has 8 nitrogen and oxygen atoms in total. The van der Waals surface area contributed by atoms with Gasteiger partial charge in [0.25, 0.3) is 5.91 Å². The highest BCUT2D eigenvalue weighted by Crippen LogP contribution is 2.30. The summed E-state index contributed by atoms with van der Waals surface area (Å²) in [7, 11) is 1.87. The number of hydrogen-bond acceptors (Lipinski definition) is 5. The van der Waals surface area contributed by atoms with Gasteiger partial charge in [-0.25, -0.2) is 4.79 Å². The minimum Gasteiger partial charge on any atom is -0.488 e. The molecule has 0 radical (unpaired) electrons. The van der Waals surface area contributed by atoms with Crippen LogP contribution in [-0.2, 0) is 0 Å². The number of nitrogens with zero attached hydrogens (tertiary/aromatic N) is 1. The van der Waals surface area contributed by atoms with E-state index < -0.39 is 0 Å². The molecule has 1 saturated carbocycles. The normalized spacial score (nSPS) is 23.2. The number of aliphatic hydroxyl groups is 1. The highest BCUT2D eigenvalue weighted by atomic mass is 16.5. The zero-order chi connectivity index (χ0) is 22.4. The van der Waals surface area contributed by atoms with Gasteiger partial charge in [0.05, 0.1) is 18.2 Å². The summed E-state index contributed by atoms with van der Waals surface area (Å²) in [5.74, 6) is 0.366. The summed E-state index contributed by atoms with van der Waals surface area (Å²) in [5.41, 5.74) is 0.933. The van der Waals surface area contributed by atoms with Gasteiger partial charge in [-0.15, -0.1) is 0 Å². The number of likely N-dealkylation sites (N-methyl/N-ethyl adjacent to an activating group) is 1. The molecule has 3 atom stereocenters. The zero-order valence-electron chi connectivity index (χ0n) is 18.8. The van der Waals surface area contributed by atoms with Crippen molar-refractivity contribution in [3.05, 3.63) is 23.8 Å². The maximum atomic E-state index is 13.3. The lowest BCUT2D eigenvalue weighted by molar-refractivity contribution is 0.0416. The Morgan fingerprint density at radius 1 is 1.29 bits per heavy atom. The van der Waals surface area contributed by atoms with E-state index in [1.165, 1.54) is 6.42 Å². The summed E-state index contributed by atoms with van der Waals surface area (Å²) < 4.78 is 6.20. The summed E-state index contributed by atoms with van der Waals surface area (Å²) in [6, 6.07) is 4.80. The molecule has 1 aromatic carbocycles. The van der Waals surface area contributed by atoms with Crippen molar-refractivity contribution in [3.63, 3.8) is 0 Å². The standard InChI is InChI=1S/C23H36N4O4/c1-15-13-27(16(2)14-28)22(29)19-11-18(9-10-20(19)31-21(15)12-24-3)26-23(30)25-17-7-5-4-6-8-17/h9-11,15-17,21,24,28H,4-8,12-14H2,1-3H3,(H2,25,26,30)/t15-,16+,21-/m1/s1. The highest BCUT2D eigenvalue weighted by molar-refractivity contribution is 5.99. The van der Waals surface area contributed by atoms with Crippen LogP contribution in [0.25, 0.3) is 0 Å². The lowest BCUT2D eigenvalue weighted by atomic mass is 9.96. The van der Waals surface area contributed by atoms with E-state index in [0.29, 0.717) is 30.1 Å². The first-order chi connectivity index (χ1) is 14.9. The number of ether oxygens (including phenoxy) is 1. The van der Waals surface area contributed by atoms with Gasteiger partial charge >= 0.3 is 6.03 Å². The van der Waals surface area contributed by atoms with Gasteiger partial charge in [0.2, 0.25) is 0 Å². The Morgan fingerprint density at radius 2 is 2.03 bits per heavy atom. The first-order valence-corrected chi connectivity index (χ1v) is 11.4. The van der Waals surface area contributed by atoms with Gasteiger partial charge in [0.1, 0.15) is 11.9 Å². The number of fused-ring (bicyclic) bond motifs is 1. The molecular weight excluding hydrogens is 396 g/mol. The second-order valence-corrected chi connectivity index (χ2v) is 8.82. The van der Waals surface area contributed by atoms with Crippen LogP contribution in [0, 0.1) is 5.92 Å². The molecule has 3 rings (SSSR count). The Bertz CT molecular complexity index is 766. The number of aliphatic hydroxyl groups excluding tert-OH is 1. The van der Waals surface area contributed by atoms with Crippen molar-refractivity contribution in [1.29, 1.82) is 0 Å². The second kappa shape index (κ2) is 10.8. The third-order valence-electron chi connectivity index (χ3n) is 6.27. The molecule has 0 spiro atoms. The molecule has 1 fully saturated rings. The van der Waals surface area contributed by atoms with Crippen LogP contribution in [0.3, 0.4) is 0 Å². The number of rotatable bonds is 6. The predicted molar refractivity (Wildman–Crippen MR) is 121 cm³/mol. The van der Waals surface area contributed by atoms with Gasteiger partial charge in [0.15, 0.2) is 0 Å². The van der Waals surface area contributed by atoms with E-state index in [1.54, 1.807) is 23.1 Å². The average molecular weight is 433 g/mol. The SMILES string of the molecule is CNC[C@H]1Oc2ccc(NC(=O)NC3CCCCC3)cc2C(=O)N([C@@H](C)CO)C[C@H]1C. The maximum absolute atomic E-state index is 13.3. The number of hydrogen-bond donors (Lipinski definition) is 4. The van der Waals surface area contributed by atoms with Crippen molar-refractivity contribution in [3.8, 4) is 5.75 Å². The van der Waals surface area contributed by atoms with E-state index in [2.05, 4.69) is 16.0 Å². The topological polar surface area (TPSA) is 103 Å². The number of anilines is 1. The monoisotopic (exact) mass is 432 g/mol. The Balaban J connectivity index is 1.82. The van der Waals surface area contributed by atoms with E-state index in [0.717, 1.165) is 25.7 Å². The number of carbonyl (C=O) groups is 2. The van der Waals surface area contributed by atoms with Crippen LogP contribution in [-0.4, -0.2) is 66.9 Å². The molecule has 1 heterocycles. The van der Waals surface area contributed by atoms with Crippen molar-refractivity contribution in [2.24, 2.45) is 5.92 Å². The molecule has 8 heteroatoms. The second-order valence-electron chi connectivity index (χ2n) is 8.82. The quantitative estimate of drug-likeness (QED) is 0.553. The number of urea groups is 1.